The normalized spacial score (nSPS) is 16.9. The average Bonchev–Trinajstić information content (AvgIpc) is 3.23. The van der Waals surface area contributed by atoms with E-state index in [0.717, 1.165) is 28.6 Å². The predicted molar refractivity (Wildman–Crippen MR) is 162 cm³/mol. The zero-order valence-electron chi connectivity index (χ0n) is 22.1. The molecule has 7 nitrogen and oxygen atoms in total. The summed E-state index contributed by atoms with van der Waals surface area (Å²) >= 11 is 6.63. The standard InChI is InChI=1S/C30H25F2N5O2S2/c1-19-2-11-26-33-27(35-14-12-34(13-15-35)23-9-7-22(32)8-10-23)24(28(38)36(26)17-19)16-25-29(39)37(30(40)41-25)18-20-3-5-21(31)6-4-20/h2-11,16-17H,12-15,18H2,1H3/b25-16+. The second-order valence-electron chi connectivity index (χ2n) is 9.93. The molecule has 2 saturated heterocycles. The number of halogens is 2. The van der Waals surface area contributed by atoms with Gasteiger partial charge in [-0.25, -0.2) is 13.8 Å². The van der Waals surface area contributed by atoms with E-state index in [-0.39, 0.29) is 29.6 Å². The number of pyridine rings is 1. The summed E-state index contributed by atoms with van der Waals surface area (Å²) in [5.74, 6) is -0.452. The van der Waals surface area contributed by atoms with Gasteiger partial charge in [0.25, 0.3) is 11.5 Å². The van der Waals surface area contributed by atoms with Crippen molar-refractivity contribution in [3.63, 3.8) is 0 Å². The molecule has 2 fully saturated rings. The summed E-state index contributed by atoms with van der Waals surface area (Å²) in [5.41, 5.74) is 3.12. The van der Waals surface area contributed by atoms with E-state index in [9.17, 15) is 18.4 Å². The van der Waals surface area contributed by atoms with Crippen LogP contribution in [0.25, 0.3) is 11.7 Å². The molecule has 6 rings (SSSR count). The minimum absolute atomic E-state index is 0.203. The lowest BCUT2D eigenvalue weighted by molar-refractivity contribution is -0.122. The Morgan fingerprint density at radius 3 is 2.22 bits per heavy atom. The van der Waals surface area contributed by atoms with E-state index in [2.05, 4.69) is 4.90 Å². The number of aromatic nitrogens is 2. The quantitative estimate of drug-likeness (QED) is 0.240. The predicted octanol–water partition coefficient (Wildman–Crippen LogP) is 5.01. The van der Waals surface area contributed by atoms with E-state index in [4.69, 9.17) is 17.2 Å². The van der Waals surface area contributed by atoms with Crippen LogP contribution in [0.2, 0.25) is 0 Å². The summed E-state index contributed by atoms with van der Waals surface area (Å²) in [5, 5.41) is 0. The highest BCUT2D eigenvalue weighted by atomic mass is 32.2. The number of rotatable bonds is 5. The third-order valence-electron chi connectivity index (χ3n) is 7.16. The minimum atomic E-state index is -0.357. The van der Waals surface area contributed by atoms with Crippen LogP contribution in [0.4, 0.5) is 20.3 Å². The van der Waals surface area contributed by atoms with Gasteiger partial charge in [-0.15, -0.1) is 0 Å². The number of amides is 1. The van der Waals surface area contributed by atoms with Gasteiger partial charge in [0.05, 0.1) is 17.0 Å². The Bertz CT molecular complexity index is 1750. The van der Waals surface area contributed by atoms with Crippen molar-refractivity contribution in [2.24, 2.45) is 0 Å². The molecule has 41 heavy (non-hydrogen) atoms. The lowest BCUT2D eigenvalue weighted by Crippen LogP contribution is -2.47. The number of benzene rings is 2. The molecular formula is C30H25F2N5O2S2. The van der Waals surface area contributed by atoms with Crippen LogP contribution in [0, 0.1) is 18.6 Å². The first-order valence-electron chi connectivity index (χ1n) is 13.0. The van der Waals surface area contributed by atoms with Crippen LogP contribution < -0.4 is 15.4 Å². The highest BCUT2D eigenvalue weighted by Crippen LogP contribution is 2.35. The molecule has 208 valence electrons. The second kappa shape index (κ2) is 11.1. The first-order chi connectivity index (χ1) is 19.8. The lowest BCUT2D eigenvalue weighted by Gasteiger charge is -2.37. The van der Waals surface area contributed by atoms with Crippen LogP contribution in [-0.2, 0) is 11.3 Å². The summed E-state index contributed by atoms with van der Waals surface area (Å²) in [7, 11) is 0. The fraction of sp³-hybridized carbons (Fsp3) is 0.200. The number of thioether (sulfide) groups is 1. The molecule has 1 amide bonds. The Balaban J connectivity index is 1.34. The highest BCUT2D eigenvalue weighted by molar-refractivity contribution is 8.26. The Kier molecular flexibility index (Phi) is 7.31. The smallest absolute Gasteiger partial charge is 0.267 e. The Morgan fingerprint density at radius 2 is 1.54 bits per heavy atom. The van der Waals surface area contributed by atoms with E-state index in [0.29, 0.717) is 52.4 Å². The van der Waals surface area contributed by atoms with Crippen LogP contribution in [0.5, 0.6) is 0 Å². The number of anilines is 2. The van der Waals surface area contributed by atoms with E-state index < -0.39 is 0 Å². The van der Waals surface area contributed by atoms with Gasteiger partial charge in [-0.2, -0.15) is 0 Å². The number of thiocarbonyl (C=S) groups is 1. The SMILES string of the molecule is Cc1ccc2nc(N3CCN(c4ccc(F)cc4)CC3)c(/C=C3/SC(=S)N(Cc4ccc(F)cc4)C3=O)c(=O)n2c1. The van der Waals surface area contributed by atoms with Crippen molar-refractivity contribution in [1.29, 1.82) is 0 Å². The molecule has 2 aromatic heterocycles. The maximum atomic E-state index is 13.8. The van der Waals surface area contributed by atoms with Crippen LogP contribution in [0.15, 0.2) is 76.6 Å². The summed E-state index contributed by atoms with van der Waals surface area (Å²) < 4.78 is 28.6. The molecule has 0 unspecified atom stereocenters. The van der Waals surface area contributed by atoms with Crippen molar-refractivity contribution in [2.45, 2.75) is 13.5 Å². The van der Waals surface area contributed by atoms with Crippen LogP contribution in [-0.4, -0.2) is 50.7 Å². The zero-order valence-corrected chi connectivity index (χ0v) is 23.7. The van der Waals surface area contributed by atoms with Crippen molar-refractivity contribution in [2.75, 3.05) is 36.0 Å². The summed E-state index contributed by atoms with van der Waals surface area (Å²) in [4.78, 5) is 38.1. The van der Waals surface area contributed by atoms with Gasteiger partial charge in [-0.3, -0.25) is 18.9 Å². The molecule has 11 heteroatoms. The average molecular weight is 590 g/mol. The van der Waals surface area contributed by atoms with E-state index >= 15 is 0 Å². The fourth-order valence-electron chi connectivity index (χ4n) is 4.98. The van der Waals surface area contributed by atoms with Gasteiger partial charge < -0.3 is 9.80 Å². The molecule has 2 aliphatic rings. The van der Waals surface area contributed by atoms with Crippen molar-refractivity contribution in [1.82, 2.24) is 14.3 Å². The minimum Gasteiger partial charge on any atom is -0.368 e. The first kappa shape index (κ1) is 27.1. The number of carbonyl (C=O) groups is 1. The van der Waals surface area contributed by atoms with Crippen LogP contribution >= 0.6 is 24.0 Å². The van der Waals surface area contributed by atoms with Crippen molar-refractivity contribution < 1.29 is 13.6 Å². The molecule has 0 bridgehead atoms. The molecule has 0 atom stereocenters. The van der Waals surface area contributed by atoms with Crippen LogP contribution in [0.1, 0.15) is 16.7 Å². The van der Waals surface area contributed by atoms with Crippen molar-refractivity contribution in [3.05, 3.63) is 110 Å². The van der Waals surface area contributed by atoms with Crippen LogP contribution in [0.3, 0.4) is 0 Å². The molecule has 0 saturated carbocycles. The summed E-state index contributed by atoms with van der Waals surface area (Å²) in [6.45, 7) is 4.57. The topological polar surface area (TPSA) is 61.2 Å². The van der Waals surface area contributed by atoms with E-state index in [1.165, 1.54) is 33.6 Å². The van der Waals surface area contributed by atoms with Crippen molar-refractivity contribution in [3.8, 4) is 0 Å². The van der Waals surface area contributed by atoms with Gasteiger partial charge in [0.1, 0.15) is 27.4 Å². The maximum Gasteiger partial charge on any atom is 0.267 e. The van der Waals surface area contributed by atoms with E-state index in [1.54, 1.807) is 42.6 Å². The maximum absolute atomic E-state index is 13.8. The monoisotopic (exact) mass is 589 g/mol. The molecule has 0 N–H and O–H groups in total. The number of nitrogens with zero attached hydrogens (tertiary/aromatic N) is 5. The number of fused-ring (bicyclic) bond motifs is 1. The number of carbonyl (C=O) groups excluding carboxylic acids is 1. The summed E-state index contributed by atoms with van der Waals surface area (Å²) in [6.07, 6.45) is 3.33. The van der Waals surface area contributed by atoms with Gasteiger partial charge in [0.15, 0.2) is 0 Å². The lowest BCUT2D eigenvalue weighted by atomic mass is 10.2. The molecule has 2 aromatic carbocycles. The van der Waals surface area contributed by atoms with Gasteiger partial charge in [-0.05, 0) is 66.6 Å². The Labute approximate surface area is 244 Å². The molecule has 0 aliphatic carbocycles. The third-order valence-corrected chi connectivity index (χ3v) is 8.54. The summed E-state index contributed by atoms with van der Waals surface area (Å²) in [6, 6.07) is 16.0. The Morgan fingerprint density at radius 1 is 0.902 bits per heavy atom. The third kappa shape index (κ3) is 5.47. The van der Waals surface area contributed by atoms with Gasteiger partial charge in [0.2, 0.25) is 0 Å². The number of hydrogen-bond donors (Lipinski definition) is 0. The van der Waals surface area contributed by atoms with Gasteiger partial charge >= 0.3 is 0 Å². The van der Waals surface area contributed by atoms with Gasteiger partial charge in [-0.1, -0.05) is 42.2 Å². The first-order valence-corrected chi connectivity index (χ1v) is 14.3. The van der Waals surface area contributed by atoms with Crippen molar-refractivity contribution >= 4 is 57.4 Å². The molecule has 2 aliphatic heterocycles. The molecular weight excluding hydrogens is 564 g/mol. The number of hydrogen-bond acceptors (Lipinski definition) is 7. The van der Waals surface area contributed by atoms with E-state index in [1.807, 2.05) is 17.9 Å². The number of piperazine rings is 1. The molecule has 0 radical (unpaired) electrons. The fourth-order valence-corrected chi connectivity index (χ4v) is 6.22. The second-order valence-corrected chi connectivity index (χ2v) is 11.6. The highest BCUT2D eigenvalue weighted by Gasteiger charge is 2.33. The van der Waals surface area contributed by atoms with Gasteiger partial charge in [0, 0.05) is 38.1 Å². The largest absolute Gasteiger partial charge is 0.368 e. The molecule has 4 aromatic rings. The zero-order chi connectivity index (χ0) is 28.7. The number of aryl methyl sites for hydroxylation is 1. The molecule has 0 spiro atoms. The molecule has 4 heterocycles. The Hall–Kier alpha value is -4.09.